The van der Waals surface area contributed by atoms with Gasteiger partial charge in [0.1, 0.15) is 18.3 Å². The SMILES string of the molecule is Nc1ncc(-c2cnn(C3CCCCN3C3CC3C=O)c2)cc1-c1nc(-c2ccccc2)no1. The Morgan fingerprint density at radius 3 is 2.79 bits per heavy atom. The molecule has 1 aliphatic carbocycles. The minimum absolute atomic E-state index is 0.162. The molecule has 34 heavy (non-hydrogen) atoms. The van der Waals surface area contributed by atoms with Crippen LogP contribution in [0, 0.1) is 5.92 Å². The van der Waals surface area contributed by atoms with Gasteiger partial charge in [-0.15, -0.1) is 0 Å². The lowest BCUT2D eigenvalue weighted by molar-refractivity contribution is -0.109. The Kier molecular flexibility index (Phi) is 5.18. The number of anilines is 1. The molecule has 2 N–H and O–H groups in total. The van der Waals surface area contributed by atoms with Crippen molar-refractivity contribution in [1.29, 1.82) is 0 Å². The number of hydrogen-bond donors (Lipinski definition) is 1. The first-order valence-electron chi connectivity index (χ1n) is 11.6. The number of hydrogen-bond acceptors (Lipinski definition) is 8. The molecule has 172 valence electrons. The number of likely N-dealkylation sites (tertiary alicyclic amines) is 1. The Bertz CT molecular complexity index is 1320. The summed E-state index contributed by atoms with van der Waals surface area (Å²) in [4.78, 5) is 22.6. The molecule has 3 aromatic heterocycles. The molecule has 6 rings (SSSR count). The number of piperidine rings is 1. The van der Waals surface area contributed by atoms with Gasteiger partial charge in [-0.3, -0.25) is 9.58 Å². The summed E-state index contributed by atoms with van der Waals surface area (Å²) < 4.78 is 7.53. The highest BCUT2D eigenvalue weighted by atomic mass is 16.5. The fraction of sp³-hybridized carbons (Fsp3) is 0.320. The van der Waals surface area contributed by atoms with E-state index in [2.05, 4.69) is 25.1 Å². The number of rotatable bonds is 6. The minimum Gasteiger partial charge on any atom is -0.383 e. The van der Waals surface area contributed by atoms with E-state index in [1.54, 1.807) is 6.20 Å². The van der Waals surface area contributed by atoms with Gasteiger partial charge in [-0.1, -0.05) is 35.5 Å². The van der Waals surface area contributed by atoms with Crippen molar-refractivity contribution < 1.29 is 9.32 Å². The Labute approximate surface area is 196 Å². The van der Waals surface area contributed by atoms with Crippen LogP contribution in [0.1, 0.15) is 31.8 Å². The summed E-state index contributed by atoms with van der Waals surface area (Å²) in [5.41, 5.74) is 9.42. The van der Waals surface area contributed by atoms with E-state index in [0.29, 0.717) is 29.1 Å². The second kappa shape index (κ2) is 8.49. The molecule has 4 heterocycles. The predicted molar refractivity (Wildman–Crippen MR) is 126 cm³/mol. The van der Waals surface area contributed by atoms with Gasteiger partial charge in [0.15, 0.2) is 0 Å². The molecule has 0 bridgehead atoms. The van der Waals surface area contributed by atoms with E-state index < -0.39 is 0 Å². The summed E-state index contributed by atoms with van der Waals surface area (Å²) in [6.45, 7) is 1.00. The molecule has 2 fully saturated rings. The zero-order valence-corrected chi connectivity index (χ0v) is 18.6. The summed E-state index contributed by atoms with van der Waals surface area (Å²) in [6, 6.07) is 11.9. The molecule has 4 aromatic rings. The van der Waals surface area contributed by atoms with Crippen LogP contribution >= 0.6 is 0 Å². The number of nitrogens with zero attached hydrogens (tertiary/aromatic N) is 6. The lowest BCUT2D eigenvalue weighted by Gasteiger charge is -2.36. The van der Waals surface area contributed by atoms with E-state index in [4.69, 9.17) is 10.3 Å². The van der Waals surface area contributed by atoms with Crippen LogP contribution < -0.4 is 5.73 Å². The smallest absolute Gasteiger partial charge is 0.262 e. The van der Waals surface area contributed by atoms with Gasteiger partial charge in [-0.25, -0.2) is 4.98 Å². The molecule has 3 unspecified atom stereocenters. The third-order valence-electron chi connectivity index (χ3n) is 6.76. The Hall–Kier alpha value is -3.85. The van der Waals surface area contributed by atoms with Crippen molar-refractivity contribution >= 4 is 12.1 Å². The summed E-state index contributed by atoms with van der Waals surface area (Å²) in [5, 5.41) is 8.77. The molecule has 9 nitrogen and oxygen atoms in total. The standard InChI is InChI=1S/C25H25N7O2/c26-23-20(25-29-24(30-34-25)16-6-2-1-3-7-16)10-17(12-27-23)19-13-28-32(14-19)22-8-4-5-9-31(22)21-11-18(21)15-33/h1-3,6-7,10,12-15,18,21-22H,4-5,8-9,11H2,(H2,26,27). The lowest BCUT2D eigenvalue weighted by atomic mass is 10.1. The first-order valence-corrected chi connectivity index (χ1v) is 11.6. The van der Waals surface area contributed by atoms with Crippen molar-refractivity contribution in [2.75, 3.05) is 12.3 Å². The van der Waals surface area contributed by atoms with Crippen LogP contribution in [0.4, 0.5) is 5.82 Å². The van der Waals surface area contributed by atoms with Gasteiger partial charge in [0, 0.05) is 47.6 Å². The number of pyridine rings is 1. The average Bonchev–Trinajstić information content (AvgIpc) is 3.26. The molecule has 1 saturated heterocycles. The van der Waals surface area contributed by atoms with Gasteiger partial charge >= 0.3 is 0 Å². The van der Waals surface area contributed by atoms with Gasteiger partial charge in [-0.2, -0.15) is 10.1 Å². The van der Waals surface area contributed by atoms with Crippen LogP contribution in [0.2, 0.25) is 0 Å². The van der Waals surface area contributed by atoms with E-state index >= 15 is 0 Å². The summed E-state index contributed by atoms with van der Waals surface area (Å²) in [6.07, 6.45) is 11.2. The van der Waals surface area contributed by atoms with Crippen LogP contribution in [-0.4, -0.2) is 48.7 Å². The number of nitrogen functional groups attached to an aromatic ring is 1. The quantitative estimate of drug-likeness (QED) is 0.436. The number of carbonyl (C=O) groups is 1. The zero-order valence-electron chi connectivity index (χ0n) is 18.6. The number of nitrogens with two attached hydrogens (primary N) is 1. The summed E-state index contributed by atoms with van der Waals surface area (Å²) in [5.74, 6) is 1.31. The van der Waals surface area contributed by atoms with Crippen molar-refractivity contribution in [3.63, 3.8) is 0 Å². The molecule has 2 aliphatic rings. The van der Waals surface area contributed by atoms with Gasteiger partial charge in [0.25, 0.3) is 5.89 Å². The number of aromatic nitrogens is 5. The molecular formula is C25H25N7O2. The normalized spacial score (nSPS) is 22.5. The van der Waals surface area contributed by atoms with Crippen LogP contribution in [0.25, 0.3) is 34.0 Å². The monoisotopic (exact) mass is 455 g/mol. The molecule has 1 aromatic carbocycles. The van der Waals surface area contributed by atoms with E-state index in [9.17, 15) is 4.79 Å². The van der Waals surface area contributed by atoms with Crippen molar-refractivity contribution in [1.82, 2.24) is 29.8 Å². The lowest BCUT2D eigenvalue weighted by Crippen LogP contribution is -2.39. The largest absolute Gasteiger partial charge is 0.383 e. The van der Waals surface area contributed by atoms with Gasteiger partial charge in [0.05, 0.1) is 11.8 Å². The second-order valence-corrected chi connectivity index (χ2v) is 8.97. The summed E-state index contributed by atoms with van der Waals surface area (Å²) >= 11 is 0. The number of aldehydes is 1. The average molecular weight is 456 g/mol. The van der Waals surface area contributed by atoms with Crippen molar-refractivity contribution in [2.24, 2.45) is 5.92 Å². The highest BCUT2D eigenvalue weighted by molar-refractivity contribution is 5.75. The molecule has 0 radical (unpaired) electrons. The van der Waals surface area contributed by atoms with Crippen molar-refractivity contribution in [3.05, 3.63) is 55.0 Å². The van der Waals surface area contributed by atoms with Gasteiger partial charge in [0.2, 0.25) is 5.82 Å². The van der Waals surface area contributed by atoms with Crippen molar-refractivity contribution in [3.8, 4) is 34.0 Å². The zero-order chi connectivity index (χ0) is 23.1. The third kappa shape index (κ3) is 3.77. The molecule has 0 spiro atoms. The second-order valence-electron chi connectivity index (χ2n) is 8.97. The summed E-state index contributed by atoms with van der Waals surface area (Å²) in [7, 11) is 0. The highest BCUT2D eigenvalue weighted by Gasteiger charge is 2.45. The van der Waals surface area contributed by atoms with Crippen molar-refractivity contribution in [2.45, 2.75) is 37.9 Å². The van der Waals surface area contributed by atoms with Gasteiger partial charge < -0.3 is 15.1 Å². The number of benzene rings is 1. The molecule has 3 atom stereocenters. The van der Waals surface area contributed by atoms with E-state index in [1.165, 1.54) is 0 Å². The van der Waals surface area contributed by atoms with E-state index in [0.717, 1.165) is 55.2 Å². The maximum atomic E-state index is 11.2. The predicted octanol–water partition coefficient (Wildman–Crippen LogP) is 3.82. The van der Waals surface area contributed by atoms with Crippen LogP contribution in [-0.2, 0) is 4.79 Å². The van der Waals surface area contributed by atoms with Gasteiger partial charge in [-0.05, 0) is 31.7 Å². The van der Waals surface area contributed by atoms with Crippen LogP contribution in [0.3, 0.4) is 0 Å². The fourth-order valence-corrected chi connectivity index (χ4v) is 4.83. The molecule has 9 heteroatoms. The Balaban J connectivity index is 1.28. The molecule has 0 amide bonds. The van der Waals surface area contributed by atoms with E-state index in [1.807, 2.05) is 53.5 Å². The molecular weight excluding hydrogens is 430 g/mol. The first kappa shape index (κ1) is 20.7. The fourth-order valence-electron chi connectivity index (χ4n) is 4.83. The maximum absolute atomic E-state index is 11.2. The minimum atomic E-state index is 0.162. The Morgan fingerprint density at radius 1 is 1.09 bits per heavy atom. The molecule has 1 saturated carbocycles. The van der Waals surface area contributed by atoms with E-state index in [-0.39, 0.29) is 12.1 Å². The Morgan fingerprint density at radius 2 is 1.97 bits per heavy atom. The highest BCUT2D eigenvalue weighted by Crippen LogP contribution is 2.41. The third-order valence-corrected chi connectivity index (χ3v) is 6.76. The topological polar surface area (TPSA) is 116 Å². The number of carbonyl (C=O) groups excluding carboxylic acids is 1. The molecule has 1 aliphatic heterocycles. The first-order chi connectivity index (χ1) is 16.7. The van der Waals surface area contributed by atoms with Crippen LogP contribution in [0.15, 0.2) is 59.5 Å². The maximum Gasteiger partial charge on any atom is 0.262 e. The van der Waals surface area contributed by atoms with Crippen LogP contribution in [0.5, 0.6) is 0 Å².